The number of urea groups is 1. The first-order valence-corrected chi connectivity index (χ1v) is 11.4. The molecule has 1 aromatic carbocycles. The van der Waals surface area contributed by atoms with E-state index < -0.39 is 29.5 Å². The van der Waals surface area contributed by atoms with Crippen molar-refractivity contribution in [3.05, 3.63) is 35.9 Å². The molecule has 0 spiro atoms. The SMILES string of the molecule is CC(C)(C)N(CCCC(=O)NNC(=O)[C@@H]1CC[C@@H]2CN1C(=O)N2OCc1ccccc1)C(=O)O. The smallest absolute Gasteiger partial charge is 0.407 e. The number of rotatable bonds is 8. The van der Waals surface area contributed by atoms with Crippen molar-refractivity contribution in [3.63, 3.8) is 0 Å². The largest absolute Gasteiger partial charge is 0.465 e. The molecule has 2 aliphatic heterocycles. The summed E-state index contributed by atoms with van der Waals surface area (Å²) in [6.45, 7) is 6.19. The highest BCUT2D eigenvalue weighted by Crippen LogP contribution is 2.30. The second-order valence-electron chi connectivity index (χ2n) is 9.51. The van der Waals surface area contributed by atoms with Gasteiger partial charge < -0.3 is 14.9 Å². The van der Waals surface area contributed by atoms with Crippen molar-refractivity contribution in [3.8, 4) is 0 Å². The topological polar surface area (TPSA) is 132 Å². The molecule has 34 heavy (non-hydrogen) atoms. The minimum atomic E-state index is -1.05. The number of hydrogen-bond donors (Lipinski definition) is 3. The van der Waals surface area contributed by atoms with Gasteiger partial charge in [0.05, 0.1) is 6.04 Å². The molecule has 0 aromatic heterocycles. The number of hydroxylamine groups is 2. The fourth-order valence-electron chi connectivity index (χ4n) is 4.18. The lowest BCUT2D eigenvalue weighted by molar-refractivity contribution is -0.140. The Bertz CT molecular complexity index is 903. The lowest BCUT2D eigenvalue weighted by Crippen LogP contribution is -2.54. The first kappa shape index (κ1) is 25.3. The van der Waals surface area contributed by atoms with Crippen molar-refractivity contribution in [2.75, 3.05) is 13.1 Å². The molecule has 2 saturated heterocycles. The third-order valence-electron chi connectivity index (χ3n) is 5.99. The lowest BCUT2D eigenvalue weighted by Gasteiger charge is -2.33. The number of carbonyl (C=O) groups excluding carboxylic acids is 3. The van der Waals surface area contributed by atoms with Gasteiger partial charge in [0.2, 0.25) is 5.91 Å². The number of benzene rings is 1. The van der Waals surface area contributed by atoms with E-state index in [1.807, 2.05) is 30.3 Å². The quantitative estimate of drug-likeness (QED) is 0.494. The highest BCUT2D eigenvalue weighted by Gasteiger charge is 2.48. The fraction of sp³-hybridized carbons (Fsp3) is 0.565. The van der Waals surface area contributed by atoms with E-state index in [0.717, 1.165) is 5.56 Å². The van der Waals surface area contributed by atoms with Crippen molar-refractivity contribution in [1.82, 2.24) is 25.7 Å². The third kappa shape index (κ3) is 6.16. The summed E-state index contributed by atoms with van der Waals surface area (Å²) in [5.41, 5.74) is 5.13. The maximum Gasteiger partial charge on any atom is 0.407 e. The summed E-state index contributed by atoms with van der Waals surface area (Å²) >= 11 is 0. The monoisotopic (exact) mass is 475 g/mol. The van der Waals surface area contributed by atoms with Gasteiger partial charge in [0, 0.05) is 25.0 Å². The highest BCUT2D eigenvalue weighted by molar-refractivity contribution is 5.90. The first-order valence-electron chi connectivity index (χ1n) is 11.4. The number of nitrogens with one attached hydrogen (secondary N) is 2. The third-order valence-corrected chi connectivity index (χ3v) is 5.99. The number of amides is 5. The molecule has 3 rings (SSSR count). The Morgan fingerprint density at radius 3 is 2.50 bits per heavy atom. The van der Waals surface area contributed by atoms with Crippen LogP contribution in [0.2, 0.25) is 0 Å². The van der Waals surface area contributed by atoms with Crippen LogP contribution in [0.3, 0.4) is 0 Å². The molecule has 1 aromatic rings. The van der Waals surface area contributed by atoms with Gasteiger partial charge in [0.1, 0.15) is 12.6 Å². The number of fused-ring (bicyclic) bond motifs is 2. The van der Waals surface area contributed by atoms with Gasteiger partial charge in [-0.25, -0.2) is 9.59 Å². The molecule has 2 atom stereocenters. The van der Waals surface area contributed by atoms with Crippen LogP contribution in [0.4, 0.5) is 9.59 Å². The van der Waals surface area contributed by atoms with E-state index in [1.165, 1.54) is 14.9 Å². The number of carboxylic acid groups (broad SMARTS) is 1. The van der Waals surface area contributed by atoms with Crippen molar-refractivity contribution in [2.24, 2.45) is 0 Å². The van der Waals surface area contributed by atoms with Gasteiger partial charge >= 0.3 is 12.1 Å². The molecule has 3 N–H and O–H groups in total. The summed E-state index contributed by atoms with van der Waals surface area (Å²) in [6.07, 6.45) is 0.392. The van der Waals surface area contributed by atoms with Crippen LogP contribution in [0.15, 0.2) is 30.3 Å². The summed E-state index contributed by atoms with van der Waals surface area (Å²) < 4.78 is 0. The Hall–Kier alpha value is -3.34. The molecule has 11 nitrogen and oxygen atoms in total. The normalized spacial score (nSPS) is 19.7. The Kier molecular flexibility index (Phi) is 7.98. The average Bonchev–Trinajstić information content (AvgIpc) is 3.02. The van der Waals surface area contributed by atoms with E-state index in [4.69, 9.17) is 4.84 Å². The maximum atomic E-state index is 12.8. The number of carbonyl (C=O) groups is 4. The van der Waals surface area contributed by atoms with Gasteiger partial charge in [-0.15, -0.1) is 0 Å². The van der Waals surface area contributed by atoms with Crippen LogP contribution in [0.5, 0.6) is 0 Å². The second kappa shape index (κ2) is 10.7. The molecule has 0 saturated carbocycles. The zero-order valence-corrected chi connectivity index (χ0v) is 19.8. The summed E-state index contributed by atoms with van der Waals surface area (Å²) in [5.74, 6) is -0.895. The second-order valence-corrected chi connectivity index (χ2v) is 9.51. The summed E-state index contributed by atoms with van der Waals surface area (Å²) in [7, 11) is 0. The number of hydrazine groups is 1. The molecule has 0 aliphatic carbocycles. The molecule has 0 unspecified atom stereocenters. The molecule has 186 valence electrons. The van der Waals surface area contributed by atoms with Crippen molar-refractivity contribution >= 4 is 23.9 Å². The molecule has 0 radical (unpaired) electrons. The molecular formula is C23H33N5O6. The predicted octanol–water partition coefficient (Wildman–Crippen LogP) is 2.09. The van der Waals surface area contributed by atoms with Gasteiger partial charge in [-0.2, -0.15) is 5.06 Å². The molecular weight excluding hydrogens is 442 g/mol. The minimum absolute atomic E-state index is 0.0522. The fourth-order valence-corrected chi connectivity index (χ4v) is 4.18. The van der Waals surface area contributed by atoms with Crippen LogP contribution in [0, 0.1) is 0 Å². The van der Waals surface area contributed by atoms with Gasteiger partial charge in [-0.3, -0.25) is 25.3 Å². The maximum absolute atomic E-state index is 12.8. The summed E-state index contributed by atoms with van der Waals surface area (Å²) in [5, 5.41) is 10.7. The number of piperidine rings is 1. The van der Waals surface area contributed by atoms with Crippen molar-refractivity contribution in [2.45, 2.75) is 70.7 Å². The molecule has 5 amide bonds. The van der Waals surface area contributed by atoms with Crippen LogP contribution in [0.25, 0.3) is 0 Å². The Balaban J connectivity index is 1.43. The Morgan fingerprint density at radius 2 is 1.85 bits per heavy atom. The van der Waals surface area contributed by atoms with Crippen LogP contribution in [-0.2, 0) is 21.0 Å². The van der Waals surface area contributed by atoms with Gasteiger partial charge in [-0.05, 0) is 45.6 Å². The Morgan fingerprint density at radius 1 is 1.15 bits per heavy atom. The highest BCUT2D eigenvalue weighted by atomic mass is 16.7. The molecule has 2 heterocycles. The van der Waals surface area contributed by atoms with E-state index >= 15 is 0 Å². The van der Waals surface area contributed by atoms with Gasteiger partial charge in [-0.1, -0.05) is 30.3 Å². The lowest BCUT2D eigenvalue weighted by atomic mass is 10.0. The Labute approximate surface area is 198 Å². The summed E-state index contributed by atoms with van der Waals surface area (Å²) in [6, 6.07) is 8.35. The number of nitrogens with zero attached hydrogens (tertiary/aromatic N) is 3. The van der Waals surface area contributed by atoms with E-state index in [-0.39, 0.29) is 31.6 Å². The van der Waals surface area contributed by atoms with E-state index in [0.29, 0.717) is 25.8 Å². The van der Waals surface area contributed by atoms with Crippen molar-refractivity contribution < 1.29 is 29.1 Å². The van der Waals surface area contributed by atoms with Crippen LogP contribution < -0.4 is 10.9 Å². The zero-order chi connectivity index (χ0) is 24.9. The van der Waals surface area contributed by atoms with Gasteiger partial charge in [0.15, 0.2) is 0 Å². The van der Waals surface area contributed by atoms with E-state index in [1.54, 1.807) is 20.8 Å². The zero-order valence-electron chi connectivity index (χ0n) is 19.8. The van der Waals surface area contributed by atoms with Crippen LogP contribution in [0.1, 0.15) is 52.0 Å². The first-order chi connectivity index (χ1) is 16.1. The molecule has 2 fully saturated rings. The molecule has 2 aliphatic rings. The van der Waals surface area contributed by atoms with Crippen molar-refractivity contribution in [1.29, 1.82) is 0 Å². The van der Waals surface area contributed by atoms with Crippen LogP contribution >= 0.6 is 0 Å². The number of hydrogen-bond acceptors (Lipinski definition) is 5. The van der Waals surface area contributed by atoms with E-state index in [9.17, 15) is 24.3 Å². The van der Waals surface area contributed by atoms with Crippen LogP contribution in [-0.4, -0.2) is 74.6 Å². The molecule has 11 heteroatoms. The predicted molar refractivity (Wildman–Crippen MR) is 122 cm³/mol. The summed E-state index contributed by atoms with van der Waals surface area (Å²) in [4.78, 5) is 57.4. The van der Waals surface area contributed by atoms with Gasteiger partial charge in [0.25, 0.3) is 5.91 Å². The standard InChI is InChI=1S/C23H33N5O6/c1-23(2,3)27(22(32)33)13-7-10-19(29)24-25-20(30)18-12-11-17-14-26(18)21(31)28(17)34-15-16-8-5-4-6-9-16/h4-6,8-9,17-18H,7,10-15H2,1-3H3,(H,24,29)(H,25,30)(H,32,33)/t17-,18+/m1/s1. The molecule has 2 bridgehead atoms. The average molecular weight is 476 g/mol. The van der Waals surface area contributed by atoms with E-state index in [2.05, 4.69) is 10.9 Å². The minimum Gasteiger partial charge on any atom is -0.465 e.